The molecule has 6 rings (SSSR count). The van der Waals surface area contributed by atoms with Gasteiger partial charge in [-0.1, -0.05) is 6.07 Å². The number of nitrogens with zero attached hydrogens (tertiary/aromatic N) is 6. The van der Waals surface area contributed by atoms with Gasteiger partial charge >= 0.3 is 0 Å². The Morgan fingerprint density at radius 2 is 1.82 bits per heavy atom. The van der Waals surface area contributed by atoms with Crippen molar-refractivity contribution in [1.82, 2.24) is 35.1 Å². The van der Waals surface area contributed by atoms with Gasteiger partial charge in [0.05, 0.1) is 16.7 Å². The van der Waals surface area contributed by atoms with Gasteiger partial charge in [0.1, 0.15) is 18.0 Å². The molecule has 1 aromatic carbocycles. The molecule has 0 radical (unpaired) electrons. The molecule has 2 fully saturated rings. The molecule has 0 aliphatic carbocycles. The summed E-state index contributed by atoms with van der Waals surface area (Å²) in [5.41, 5.74) is 6.33. The van der Waals surface area contributed by atoms with E-state index in [-0.39, 0.29) is 0 Å². The van der Waals surface area contributed by atoms with Gasteiger partial charge < -0.3 is 15.2 Å². The molecule has 4 aromatic rings. The number of rotatable bonds is 6. The van der Waals surface area contributed by atoms with Gasteiger partial charge in [0.15, 0.2) is 0 Å². The lowest BCUT2D eigenvalue weighted by Crippen LogP contribution is -2.42. The minimum Gasteiger partial charge on any atom is -0.356 e. The van der Waals surface area contributed by atoms with Crippen LogP contribution in [0.4, 0.5) is 5.82 Å². The standard InChI is InChI=1S/C25H28N8/c1-8-33(9-1)25-15-22(28-17-29-25)19-2-3-21-23(13-19)31-24(30-21)14-20-12-18(4-5-27-20)16-32-10-6-26-7-11-32/h2-5,12-13,15,17,26H,1,6-11,14,16H2,(H,30,31). The van der Waals surface area contributed by atoms with E-state index in [0.29, 0.717) is 6.42 Å². The van der Waals surface area contributed by atoms with E-state index < -0.39 is 0 Å². The average molecular weight is 441 g/mol. The number of benzene rings is 1. The van der Waals surface area contributed by atoms with Gasteiger partial charge in [-0.2, -0.15) is 0 Å². The molecule has 0 spiro atoms. The first kappa shape index (κ1) is 20.3. The van der Waals surface area contributed by atoms with Crippen molar-refractivity contribution in [1.29, 1.82) is 0 Å². The molecule has 8 nitrogen and oxygen atoms in total. The zero-order valence-electron chi connectivity index (χ0n) is 18.7. The molecule has 0 bridgehead atoms. The fourth-order valence-corrected chi connectivity index (χ4v) is 4.55. The SMILES string of the molecule is c1cc(CN2CCNCC2)cc(Cc2nc3ccc(-c4cc(N5CCC5)ncn4)cc3[nH]2)n1. The van der Waals surface area contributed by atoms with Crippen molar-refractivity contribution in [3.8, 4) is 11.3 Å². The van der Waals surface area contributed by atoms with Crippen molar-refractivity contribution in [2.24, 2.45) is 0 Å². The van der Waals surface area contributed by atoms with Crippen molar-refractivity contribution in [2.75, 3.05) is 44.2 Å². The summed E-state index contributed by atoms with van der Waals surface area (Å²) < 4.78 is 0. The molecule has 8 heteroatoms. The van der Waals surface area contributed by atoms with Crippen LogP contribution in [-0.2, 0) is 13.0 Å². The number of anilines is 1. The van der Waals surface area contributed by atoms with Crippen LogP contribution in [0, 0.1) is 0 Å². The number of hydrogen-bond acceptors (Lipinski definition) is 7. The normalized spacial score (nSPS) is 16.8. The molecule has 33 heavy (non-hydrogen) atoms. The van der Waals surface area contributed by atoms with Crippen molar-refractivity contribution < 1.29 is 0 Å². The highest BCUT2D eigenvalue weighted by Gasteiger charge is 2.17. The number of aromatic amines is 1. The predicted octanol–water partition coefficient (Wildman–Crippen LogP) is 2.62. The van der Waals surface area contributed by atoms with Crippen molar-refractivity contribution >= 4 is 16.9 Å². The van der Waals surface area contributed by atoms with Gasteiger partial charge in [0.2, 0.25) is 0 Å². The molecule has 2 N–H and O–H groups in total. The van der Waals surface area contributed by atoms with Crippen molar-refractivity contribution in [2.45, 2.75) is 19.4 Å². The first-order valence-electron chi connectivity index (χ1n) is 11.7. The summed E-state index contributed by atoms with van der Waals surface area (Å²) in [5.74, 6) is 1.93. The highest BCUT2D eigenvalue weighted by Crippen LogP contribution is 2.26. The van der Waals surface area contributed by atoms with E-state index in [9.17, 15) is 0 Å². The maximum Gasteiger partial charge on any atom is 0.132 e. The van der Waals surface area contributed by atoms with Gasteiger partial charge in [-0.05, 0) is 36.2 Å². The molecule has 168 valence electrons. The number of piperazine rings is 1. The number of imidazole rings is 1. The molecule has 0 atom stereocenters. The van der Waals surface area contributed by atoms with E-state index in [0.717, 1.165) is 85.4 Å². The third kappa shape index (κ3) is 4.44. The molecule has 5 heterocycles. The van der Waals surface area contributed by atoms with E-state index in [1.165, 1.54) is 12.0 Å². The molecular weight excluding hydrogens is 412 g/mol. The summed E-state index contributed by atoms with van der Waals surface area (Å²) in [6.07, 6.45) is 5.49. The van der Waals surface area contributed by atoms with Crippen LogP contribution in [0.2, 0.25) is 0 Å². The molecule has 0 amide bonds. The van der Waals surface area contributed by atoms with Crippen molar-refractivity contribution in [3.63, 3.8) is 0 Å². The molecule has 0 saturated carbocycles. The first-order valence-corrected chi connectivity index (χ1v) is 11.7. The third-order valence-corrected chi connectivity index (χ3v) is 6.50. The Balaban J connectivity index is 1.20. The van der Waals surface area contributed by atoms with Crippen LogP contribution in [0.15, 0.2) is 48.9 Å². The Kier molecular flexibility index (Phi) is 5.45. The molecular formula is C25H28N8. The maximum absolute atomic E-state index is 4.80. The fourth-order valence-electron chi connectivity index (χ4n) is 4.55. The summed E-state index contributed by atoms with van der Waals surface area (Å²) in [4.78, 5) is 26.6. The lowest BCUT2D eigenvalue weighted by atomic mass is 10.1. The smallest absolute Gasteiger partial charge is 0.132 e. The fraction of sp³-hybridized carbons (Fsp3) is 0.360. The van der Waals surface area contributed by atoms with E-state index >= 15 is 0 Å². The monoisotopic (exact) mass is 440 g/mol. The summed E-state index contributed by atoms with van der Waals surface area (Å²) >= 11 is 0. The van der Waals surface area contributed by atoms with E-state index in [4.69, 9.17) is 4.98 Å². The summed E-state index contributed by atoms with van der Waals surface area (Å²) in [5, 5.41) is 3.41. The van der Waals surface area contributed by atoms with E-state index in [2.05, 4.69) is 71.5 Å². The lowest BCUT2D eigenvalue weighted by molar-refractivity contribution is 0.233. The lowest BCUT2D eigenvalue weighted by Gasteiger charge is -2.31. The molecule has 0 unspecified atom stereocenters. The Hall–Kier alpha value is -3.36. The largest absolute Gasteiger partial charge is 0.356 e. The van der Waals surface area contributed by atoms with Crippen LogP contribution in [0.5, 0.6) is 0 Å². The summed E-state index contributed by atoms with van der Waals surface area (Å²) in [7, 11) is 0. The molecule has 2 saturated heterocycles. The van der Waals surface area contributed by atoms with Gasteiger partial charge in [0, 0.05) is 75.8 Å². The third-order valence-electron chi connectivity index (χ3n) is 6.50. The number of hydrogen-bond donors (Lipinski definition) is 2. The van der Waals surface area contributed by atoms with Gasteiger partial charge in [-0.15, -0.1) is 0 Å². The number of H-pyrrole nitrogens is 1. The Morgan fingerprint density at radius 1 is 0.909 bits per heavy atom. The highest BCUT2D eigenvalue weighted by atomic mass is 15.2. The zero-order chi connectivity index (χ0) is 22.0. The summed E-state index contributed by atoms with van der Waals surface area (Å²) in [6, 6.07) is 12.7. The number of pyridine rings is 1. The van der Waals surface area contributed by atoms with Crippen molar-refractivity contribution in [3.05, 3.63) is 66.0 Å². The minimum absolute atomic E-state index is 0.687. The van der Waals surface area contributed by atoms with E-state index in [1.54, 1.807) is 6.33 Å². The second-order valence-corrected chi connectivity index (χ2v) is 8.88. The quantitative estimate of drug-likeness (QED) is 0.477. The first-order chi connectivity index (χ1) is 16.3. The van der Waals surface area contributed by atoms with Crippen LogP contribution < -0.4 is 10.2 Å². The Bertz CT molecular complexity index is 1260. The van der Waals surface area contributed by atoms with Crippen LogP contribution in [0.1, 0.15) is 23.5 Å². The Labute approximate surface area is 193 Å². The van der Waals surface area contributed by atoms with Crippen LogP contribution in [0.25, 0.3) is 22.3 Å². The highest BCUT2D eigenvalue weighted by molar-refractivity contribution is 5.81. The zero-order valence-corrected chi connectivity index (χ0v) is 18.7. The maximum atomic E-state index is 4.80. The number of nitrogens with one attached hydrogen (secondary N) is 2. The predicted molar refractivity (Wildman–Crippen MR) is 129 cm³/mol. The number of aromatic nitrogens is 5. The topological polar surface area (TPSA) is 85.9 Å². The van der Waals surface area contributed by atoms with Gasteiger partial charge in [0.25, 0.3) is 0 Å². The van der Waals surface area contributed by atoms with Gasteiger partial charge in [-0.3, -0.25) is 9.88 Å². The second kappa shape index (κ2) is 8.88. The molecule has 3 aromatic heterocycles. The molecule has 2 aliphatic rings. The van der Waals surface area contributed by atoms with E-state index in [1.807, 2.05) is 6.20 Å². The number of fused-ring (bicyclic) bond motifs is 1. The molecule has 2 aliphatic heterocycles. The van der Waals surface area contributed by atoms with Crippen LogP contribution in [-0.4, -0.2) is 69.1 Å². The Morgan fingerprint density at radius 3 is 2.67 bits per heavy atom. The van der Waals surface area contributed by atoms with Crippen LogP contribution >= 0.6 is 0 Å². The van der Waals surface area contributed by atoms with Crippen LogP contribution in [0.3, 0.4) is 0 Å². The summed E-state index contributed by atoms with van der Waals surface area (Å²) in [6.45, 7) is 7.43. The second-order valence-electron chi connectivity index (χ2n) is 8.88. The average Bonchev–Trinajstić information content (AvgIpc) is 3.20. The van der Waals surface area contributed by atoms with Gasteiger partial charge in [-0.25, -0.2) is 15.0 Å². The minimum atomic E-state index is 0.687.